The van der Waals surface area contributed by atoms with Crippen LogP contribution in [0, 0.1) is 23.2 Å². The molecule has 4 saturated carbocycles. The fraction of sp³-hybridized carbons (Fsp3) is 1.00. The van der Waals surface area contributed by atoms with E-state index in [-0.39, 0.29) is 0 Å². The minimum absolute atomic E-state index is 0.321. The first-order valence-electron chi connectivity index (χ1n) is 7.61. The first-order valence-corrected chi connectivity index (χ1v) is 8.77. The van der Waals surface area contributed by atoms with Gasteiger partial charge in [-0.25, -0.2) is 0 Å². The summed E-state index contributed by atoms with van der Waals surface area (Å²) in [6.45, 7) is 0.321. The quantitative estimate of drug-likeness (QED) is 0.727. The summed E-state index contributed by atoms with van der Waals surface area (Å²) in [4.78, 5) is 0. The molecule has 0 radical (unpaired) electrons. The van der Waals surface area contributed by atoms with Crippen LogP contribution in [0.15, 0.2) is 0 Å². The lowest BCUT2D eigenvalue weighted by Crippen LogP contribution is -2.56. The van der Waals surface area contributed by atoms with E-state index in [4.69, 9.17) is 5.11 Å². The Morgan fingerprint density at radius 3 is 2.17 bits per heavy atom. The highest BCUT2D eigenvalue weighted by Gasteiger charge is 2.53. The number of thioether (sulfide) groups is 1. The monoisotopic (exact) mass is 269 g/mol. The van der Waals surface area contributed by atoms with E-state index in [9.17, 15) is 0 Å². The largest absolute Gasteiger partial charge is 0.396 e. The highest BCUT2D eigenvalue weighted by atomic mass is 32.2. The second-order valence-electron chi connectivity index (χ2n) is 6.92. The van der Waals surface area contributed by atoms with Crippen LogP contribution in [0.5, 0.6) is 0 Å². The summed E-state index contributed by atoms with van der Waals surface area (Å²) < 4.78 is 0. The van der Waals surface area contributed by atoms with Crippen molar-refractivity contribution in [1.29, 1.82) is 0 Å². The van der Waals surface area contributed by atoms with E-state index in [1.807, 2.05) is 11.8 Å². The van der Waals surface area contributed by atoms with Crippen molar-refractivity contribution < 1.29 is 5.11 Å². The maximum atomic E-state index is 8.94. The van der Waals surface area contributed by atoms with E-state index in [0.29, 0.717) is 18.1 Å². The second-order valence-corrected chi connectivity index (χ2v) is 8.07. The molecule has 4 aliphatic carbocycles. The molecule has 4 aliphatic rings. The average Bonchev–Trinajstić information content (AvgIpc) is 2.32. The summed E-state index contributed by atoms with van der Waals surface area (Å²) in [5.41, 5.74) is 0.603. The maximum absolute atomic E-state index is 8.94. The SMILES string of the molecule is CNC(CSCCO)C12CC3CC(CC(C3)C1)C2. The molecule has 2 nitrogen and oxygen atoms in total. The lowest BCUT2D eigenvalue weighted by Gasteiger charge is -2.59. The van der Waals surface area contributed by atoms with Crippen molar-refractivity contribution in [3.05, 3.63) is 0 Å². The first kappa shape index (κ1) is 13.3. The van der Waals surface area contributed by atoms with Gasteiger partial charge < -0.3 is 10.4 Å². The van der Waals surface area contributed by atoms with Crippen LogP contribution in [0.2, 0.25) is 0 Å². The molecular weight excluding hydrogens is 242 g/mol. The molecule has 1 atom stereocenters. The first-order chi connectivity index (χ1) is 8.75. The number of nitrogens with one attached hydrogen (secondary N) is 1. The fourth-order valence-electron chi connectivity index (χ4n) is 5.44. The smallest absolute Gasteiger partial charge is 0.0521 e. The molecule has 4 rings (SSSR count). The molecule has 1 unspecified atom stereocenters. The molecule has 0 saturated heterocycles. The summed E-state index contributed by atoms with van der Waals surface area (Å²) in [6.07, 6.45) is 9.01. The Bertz CT molecular complexity index is 259. The molecular formula is C15H27NOS. The van der Waals surface area contributed by atoms with Gasteiger partial charge in [-0.1, -0.05) is 0 Å². The average molecular weight is 269 g/mol. The van der Waals surface area contributed by atoms with Gasteiger partial charge in [0, 0.05) is 17.5 Å². The Kier molecular flexibility index (Phi) is 3.93. The summed E-state index contributed by atoms with van der Waals surface area (Å²) >= 11 is 1.92. The molecule has 0 aliphatic heterocycles. The van der Waals surface area contributed by atoms with Gasteiger partial charge in [0.25, 0.3) is 0 Å². The number of hydrogen-bond acceptors (Lipinski definition) is 3. The van der Waals surface area contributed by atoms with Gasteiger partial charge in [-0.2, -0.15) is 11.8 Å². The molecule has 0 aromatic carbocycles. The van der Waals surface area contributed by atoms with Crippen molar-refractivity contribution in [3.63, 3.8) is 0 Å². The highest BCUT2D eigenvalue weighted by molar-refractivity contribution is 7.99. The number of rotatable bonds is 6. The van der Waals surface area contributed by atoms with Crippen molar-refractivity contribution in [2.75, 3.05) is 25.2 Å². The Hall–Kier alpha value is 0.270. The van der Waals surface area contributed by atoms with Gasteiger partial charge in [0.05, 0.1) is 6.61 Å². The number of hydrogen-bond donors (Lipinski definition) is 2. The van der Waals surface area contributed by atoms with Crippen LogP contribution in [-0.4, -0.2) is 36.3 Å². The number of aliphatic hydroxyl groups excluding tert-OH is 1. The zero-order chi connectivity index (χ0) is 12.6. The molecule has 0 aromatic heterocycles. The van der Waals surface area contributed by atoms with Crippen molar-refractivity contribution >= 4 is 11.8 Å². The standard InChI is InChI=1S/C15H27NOS/c1-16-14(10-18-3-2-17)15-7-11-4-12(8-15)6-13(5-11)9-15/h11-14,16-17H,2-10H2,1H3. The summed E-state index contributed by atoms with van der Waals surface area (Å²) in [7, 11) is 2.14. The van der Waals surface area contributed by atoms with Crippen LogP contribution in [0.25, 0.3) is 0 Å². The zero-order valence-electron chi connectivity index (χ0n) is 11.5. The van der Waals surface area contributed by atoms with Crippen molar-refractivity contribution in [2.45, 2.75) is 44.6 Å². The van der Waals surface area contributed by atoms with E-state index in [1.54, 1.807) is 0 Å². The predicted molar refractivity (Wildman–Crippen MR) is 77.9 cm³/mol. The third-order valence-corrected chi connectivity index (χ3v) is 6.73. The van der Waals surface area contributed by atoms with Crippen molar-refractivity contribution in [1.82, 2.24) is 5.32 Å². The van der Waals surface area contributed by atoms with Gasteiger partial charge in [0.1, 0.15) is 0 Å². The molecule has 4 bridgehead atoms. The Morgan fingerprint density at radius 2 is 1.72 bits per heavy atom. The van der Waals surface area contributed by atoms with E-state index in [2.05, 4.69) is 12.4 Å². The van der Waals surface area contributed by atoms with Crippen molar-refractivity contribution in [3.8, 4) is 0 Å². The van der Waals surface area contributed by atoms with Crippen LogP contribution in [-0.2, 0) is 0 Å². The molecule has 18 heavy (non-hydrogen) atoms. The van der Waals surface area contributed by atoms with Crippen LogP contribution < -0.4 is 5.32 Å². The fourth-order valence-corrected chi connectivity index (χ4v) is 6.49. The topological polar surface area (TPSA) is 32.3 Å². The van der Waals surface area contributed by atoms with Gasteiger partial charge in [-0.15, -0.1) is 0 Å². The predicted octanol–water partition coefficient (Wildman–Crippen LogP) is 2.52. The summed E-state index contributed by atoms with van der Waals surface area (Å²) in [6, 6.07) is 0.669. The maximum Gasteiger partial charge on any atom is 0.0521 e. The summed E-state index contributed by atoms with van der Waals surface area (Å²) in [5, 5.41) is 12.6. The molecule has 104 valence electrons. The van der Waals surface area contributed by atoms with Gasteiger partial charge >= 0.3 is 0 Å². The third-order valence-electron chi connectivity index (χ3n) is 5.69. The van der Waals surface area contributed by atoms with Gasteiger partial charge in [0.15, 0.2) is 0 Å². The molecule has 0 amide bonds. The summed E-state index contributed by atoms with van der Waals surface area (Å²) in [5.74, 6) is 5.19. The molecule has 2 N–H and O–H groups in total. The third kappa shape index (κ3) is 2.34. The van der Waals surface area contributed by atoms with Crippen molar-refractivity contribution in [2.24, 2.45) is 23.2 Å². The Labute approximate surface area is 115 Å². The normalized spacial score (nSPS) is 43.3. The minimum atomic E-state index is 0.321. The second kappa shape index (κ2) is 5.34. The van der Waals surface area contributed by atoms with Crippen LogP contribution >= 0.6 is 11.8 Å². The zero-order valence-corrected chi connectivity index (χ0v) is 12.3. The van der Waals surface area contributed by atoms with E-state index >= 15 is 0 Å². The van der Waals surface area contributed by atoms with Gasteiger partial charge in [-0.3, -0.25) is 0 Å². The van der Waals surface area contributed by atoms with Crippen LogP contribution in [0.1, 0.15) is 38.5 Å². The van der Waals surface area contributed by atoms with E-state index < -0.39 is 0 Å². The Morgan fingerprint density at radius 1 is 1.17 bits per heavy atom. The van der Waals surface area contributed by atoms with Gasteiger partial charge in [0.2, 0.25) is 0 Å². The molecule has 4 fully saturated rings. The number of aliphatic hydroxyl groups is 1. The highest BCUT2D eigenvalue weighted by Crippen LogP contribution is 2.61. The lowest BCUT2D eigenvalue weighted by atomic mass is 9.48. The molecule has 0 heterocycles. The van der Waals surface area contributed by atoms with E-state index in [0.717, 1.165) is 23.5 Å². The van der Waals surface area contributed by atoms with Crippen LogP contribution in [0.4, 0.5) is 0 Å². The molecule has 0 spiro atoms. The lowest BCUT2D eigenvalue weighted by molar-refractivity contribution is -0.0682. The van der Waals surface area contributed by atoms with E-state index in [1.165, 1.54) is 44.3 Å². The Balaban J connectivity index is 1.68. The molecule has 3 heteroatoms. The minimum Gasteiger partial charge on any atom is -0.396 e. The van der Waals surface area contributed by atoms with Crippen LogP contribution in [0.3, 0.4) is 0 Å². The van der Waals surface area contributed by atoms with Gasteiger partial charge in [-0.05, 0) is 68.7 Å². The molecule has 0 aromatic rings.